The first kappa shape index (κ1) is 41.2. The van der Waals surface area contributed by atoms with Crippen molar-refractivity contribution >= 4 is 34.0 Å². The largest absolute Gasteiger partial charge is 2.00 e. The van der Waals surface area contributed by atoms with Crippen molar-refractivity contribution in [2.45, 2.75) is 18.7 Å². The second-order valence-electron chi connectivity index (χ2n) is 7.50. The number of halogens is 1. The Morgan fingerprint density at radius 2 is 1.22 bits per heavy atom. The summed E-state index contributed by atoms with van der Waals surface area (Å²) < 4.78 is 39.4. The van der Waals surface area contributed by atoms with Crippen LogP contribution in [0.5, 0.6) is 0 Å². The van der Waals surface area contributed by atoms with Gasteiger partial charge in [-0.1, -0.05) is 79.5 Å². The molecule has 0 aliphatic carbocycles. The van der Waals surface area contributed by atoms with Crippen LogP contribution >= 0.6 is 7.92 Å². The molecule has 5 rings (SSSR count). The molecule has 0 unspecified atom stereocenters. The molecule has 0 atom stereocenters. The fraction of sp³-hybridized carbons (Fsp3) is 0.129. The maximum absolute atomic E-state index is 11.5. The Hall–Kier alpha value is -1.94. The van der Waals surface area contributed by atoms with E-state index >= 15 is 0 Å². The third-order valence-electron chi connectivity index (χ3n) is 4.82. The molecular formula is C31H33ClFeNO4PPdS. The fourth-order valence-corrected chi connectivity index (χ4v) is 6.71. The number of pyridine rings is 1. The summed E-state index contributed by atoms with van der Waals surface area (Å²) in [5.74, 6) is 0. The van der Waals surface area contributed by atoms with Crippen LogP contribution in [0.4, 0.5) is 0 Å². The van der Waals surface area contributed by atoms with E-state index in [1.165, 1.54) is 6.07 Å². The summed E-state index contributed by atoms with van der Waals surface area (Å²) in [6, 6.07) is 39.8. The number of nitrogens with zero attached hydrogens (tertiary/aromatic N) is 1. The van der Waals surface area contributed by atoms with Crippen molar-refractivity contribution in [1.82, 2.24) is 4.98 Å². The van der Waals surface area contributed by atoms with E-state index in [9.17, 15) is 13.0 Å². The van der Waals surface area contributed by atoms with E-state index in [-0.39, 0.29) is 54.8 Å². The summed E-state index contributed by atoms with van der Waals surface area (Å²) in [6.07, 6.45) is 3.50. The van der Waals surface area contributed by atoms with Crippen LogP contribution in [0, 0.1) is 0 Å². The Bertz CT molecular complexity index is 1260. The van der Waals surface area contributed by atoms with Gasteiger partial charge in [0.15, 0.2) is 0 Å². The molecule has 0 saturated carbocycles. The maximum Gasteiger partial charge on any atom is 2.00 e. The minimum atomic E-state index is -4.48. The molecule has 0 aliphatic rings. The Balaban J connectivity index is 0. The zero-order chi connectivity index (χ0) is 27.5. The molecule has 0 aliphatic heterocycles. The monoisotopic (exact) mass is 743 g/mol. The second kappa shape index (κ2) is 24.6. The van der Waals surface area contributed by atoms with E-state index in [1.807, 2.05) is 123 Å². The number of ether oxygens (including phenoxy) is 1. The molecule has 0 saturated heterocycles. The molecule has 10 heteroatoms. The quantitative estimate of drug-likeness (QED) is 0.116. The van der Waals surface area contributed by atoms with Gasteiger partial charge >= 0.3 is 37.5 Å². The minimum absolute atomic E-state index is 0. The Morgan fingerprint density at radius 3 is 1.51 bits per heavy atom. The average molecular weight is 744 g/mol. The second-order valence-corrected chi connectivity index (χ2v) is 11.0. The number of aromatic nitrogens is 1. The number of hydrogen-bond acceptors (Lipinski definition) is 5. The average Bonchev–Trinajstić information content (AvgIpc) is 3.69. The molecule has 0 bridgehead atoms. The Labute approximate surface area is 276 Å². The van der Waals surface area contributed by atoms with Crippen LogP contribution in [0.3, 0.4) is 0 Å². The van der Waals surface area contributed by atoms with E-state index in [1.54, 1.807) is 24.5 Å². The number of benzene rings is 2. The Kier molecular flexibility index (Phi) is 24.8. The van der Waals surface area contributed by atoms with Gasteiger partial charge in [0, 0.05) is 25.6 Å². The van der Waals surface area contributed by atoms with Gasteiger partial charge in [0.1, 0.15) is 10.1 Å². The summed E-state index contributed by atoms with van der Waals surface area (Å²) in [5, 5.41) is 2.61. The smallest absolute Gasteiger partial charge is 1.00 e. The van der Waals surface area contributed by atoms with Crippen LogP contribution in [0.15, 0.2) is 145 Å². The third-order valence-corrected chi connectivity index (χ3v) is 8.37. The third kappa shape index (κ3) is 16.3. The summed E-state index contributed by atoms with van der Waals surface area (Å²) in [4.78, 5) is 3.67. The summed E-state index contributed by atoms with van der Waals surface area (Å²) >= 11 is 0. The van der Waals surface area contributed by atoms with Crippen LogP contribution in [-0.2, 0) is 52.3 Å². The molecule has 41 heavy (non-hydrogen) atoms. The van der Waals surface area contributed by atoms with Crippen molar-refractivity contribution in [2.75, 3.05) is 13.2 Å². The predicted octanol–water partition coefficient (Wildman–Crippen LogP) is 2.60. The number of hydrogen-bond donors (Lipinski definition) is 0. The molecule has 0 N–H and O–H groups in total. The van der Waals surface area contributed by atoms with E-state index in [4.69, 9.17) is 4.74 Å². The standard InChI is InChI=1S/C17H14O3PS.C5H5N.C5H5.C4H10O.ClH.Fe.Pd/c18-22(19,20)17-13-7-12-16(17)21(14-8-3-1-4-9-14)15-10-5-2-6-11-15;1-2-4-6-5-3-1;1-2-4-5-3-1;1-3-5-4-2;;;/h1-13H,(H,18,19,20);1-5H;1-5H;3-4H2,1-2H3;1H;;/q-1;;-1;;;2*+2/p-2. The van der Waals surface area contributed by atoms with Gasteiger partial charge in [0.05, 0.1) is 0 Å². The molecule has 0 radical (unpaired) electrons. The summed E-state index contributed by atoms with van der Waals surface area (Å²) in [7, 11) is -5.56. The topological polar surface area (TPSA) is 79.3 Å². The first-order valence-electron chi connectivity index (χ1n) is 12.2. The SMILES string of the molecule is CCOCC.O=S(=O)([O-])c1[cH-]ccc1P(c1ccccc1)c1ccccc1.[Cl-].[Fe+2].[Pd+2].c1cc[cH-]c1.c1ccncc1. The first-order valence-corrected chi connectivity index (χ1v) is 14.9. The van der Waals surface area contributed by atoms with Crippen molar-refractivity contribution in [3.8, 4) is 0 Å². The van der Waals surface area contributed by atoms with Crippen molar-refractivity contribution < 1.29 is 67.6 Å². The van der Waals surface area contributed by atoms with Crippen molar-refractivity contribution in [3.63, 3.8) is 0 Å². The van der Waals surface area contributed by atoms with E-state index in [2.05, 4.69) is 4.98 Å². The Morgan fingerprint density at radius 1 is 0.756 bits per heavy atom. The molecule has 1 aromatic heterocycles. The normalized spacial score (nSPS) is 9.46. The van der Waals surface area contributed by atoms with Crippen LogP contribution in [0.2, 0.25) is 0 Å². The van der Waals surface area contributed by atoms with Crippen molar-refractivity contribution in [3.05, 3.63) is 140 Å². The zero-order valence-corrected chi connectivity index (χ0v) is 27.8. The van der Waals surface area contributed by atoms with Crippen LogP contribution < -0.4 is 28.3 Å². The van der Waals surface area contributed by atoms with Crippen molar-refractivity contribution in [1.29, 1.82) is 0 Å². The molecule has 0 amide bonds. The maximum atomic E-state index is 11.5. The van der Waals surface area contributed by atoms with Gasteiger partial charge in [0.2, 0.25) is 0 Å². The molecular weight excluding hydrogens is 711 g/mol. The number of rotatable bonds is 6. The zero-order valence-electron chi connectivity index (χ0n) is 22.7. The molecule has 5 nitrogen and oxygen atoms in total. The molecule has 1 heterocycles. The van der Waals surface area contributed by atoms with Gasteiger partial charge in [-0.15, -0.1) is 5.30 Å². The van der Waals surface area contributed by atoms with E-state index in [0.717, 1.165) is 23.8 Å². The van der Waals surface area contributed by atoms with Gasteiger partial charge in [-0.3, -0.25) is 4.98 Å². The predicted molar refractivity (Wildman–Crippen MR) is 157 cm³/mol. The van der Waals surface area contributed by atoms with Gasteiger partial charge in [-0.25, -0.2) is 26.6 Å². The first-order chi connectivity index (χ1) is 18.5. The van der Waals surface area contributed by atoms with Gasteiger partial charge in [0.25, 0.3) is 0 Å². The van der Waals surface area contributed by atoms with Gasteiger partial charge < -0.3 is 21.7 Å². The van der Waals surface area contributed by atoms with Crippen LogP contribution in [0.1, 0.15) is 13.8 Å². The van der Waals surface area contributed by atoms with E-state index in [0.29, 0.717) is 5.30 Å². The molecule has 0 fully saturated rings. The molecule has 5 aromatic rings. The fourth-order valence-electron chi connectivity index (χ4n) is 3.21. The summed E-state index contributed by atoms with van der Waals surface area (Å²) in [6.45, 7) is 5.67. The van der Waals surface area contributed by atoms with Crippen LogP contribution in [0.25, 0.3) is 0 Å². The van der Waals surface area contributed by atoms with Crippen LogP contribution in [-0.4, -0.2) is 31.2 Å². The molecule has 222 valence electrons. The van der Waals surface area contributed by atoms with Gasteiger partial charge in [-0.05, 0) is 36.6 Å². The molecule has 4 aromatic carbocycles. The molecule has 0 spiro atoms. The summed E-state index contributed by atoms with van der Waals surface area (Å²) in [5.41, 5.74) is 0. The van der Waals surface area contributed by atoms with E-state index < -0.39 is 18.0 Å². The van der Waals surface area contributed by atoms with Gasteiger partial charge in [-0.2, -0.15) is 30.3 Å². The minimum Gasteiger partial charge on any atom is -1.00 e. The van der Waals surface area contributed by atoms with Crippen molar-refractivity contribution in [2.24, 2.45) is 0 Å².